The SMILES string of the molecule is CS(=O)(=O)CCC(=O)NC/C=C/c1ccccc1. The maximum atomic E-state index is 11.3. The molecule has 1 amide bonds. The number of hydrogen-bond donors (Lipinski definition) is 1. The smallest absolute Gasteiger partial charge is 0.221 e. The molecule has 5 heteroatoms. The minimum atomic E-state index is -3.07. The molecule has 0 aliphatic carbocycles. The molecule has 1 rings (SSSR count). The topological polar surface area (TPSA) is 63.2 Å². The summed E-state index contributed by atoms with van der Waals surface area (Å²) in [6.07, 6.45) is 4.86. The number of sulfone groups is 1. The molecule has 0 saturated carbocycles. The van der Waals surface area contributed by atoms with Gasteiger partial charge in [0.1, 0.15) is 9.84 Å². The largest absolute Gasteiger partial charge is 0.353 e. The van der Waals surface area contributed by atoms with E-state index in [4.69, 9.17) is 0 Å². The van der Waals surface area contributed by atoms with Crippen molar-refractivity contribution in [3.63, 3.8) is 0 Å². The predicted octanol–water partition coefficient (Wildman–Crippen LogP) is 1.25. The highest BCUT2D eigenvalue weighted by Crippen LogP contribution is 1.99. The molecular formula is C13H17NO3S. The number of carbonyl (C=O) groups is 1. The fourth-order valence-corrected chi connectivity index (χ4v) is 1.85. The molecule has 0 aliphatic rings. The first-order valence-corrected chi connectivity index (χ1v) is 7.69. The van der Waals surface area contributed by atoms with E-state index in [2.05, 4.69) is 5.32 Å². The van der Waals surface area contributed by atoms with Crippen LogP contribution in [0, 0.1) is 0 Å². The maximum Gasteiger partial charge on any atom is 0.221 e. The molecule has 18 heavy (non-hydrogen) atoms. The third kappa shape index (κ3) is 6.85. The van der Waals surface area contributed by atoms with Gasteiger partial charge >= 0.3 is 0 Å². The van der Waals surface area contributed by atoms with Gasteiger partial charge in [0, 0.05) is 19.2 Å². The van der Waals surface area contributed by atoms with Crippen LogP contribution in [0.4, 0.5) is 0 Å². The molecule has 0 atom stereocenters. The van der Waals surface area contributed by atoms with Crippen LogP contribution < -0.4 is 5.32 Å². The lowest BCUT2D eigenvalue weighted by Crippen LogP contribution is -2.25. The maximum absolute atomic E-state index is 11.3. The average Bonchev–Trinajstić information content (AvgIpc) is 2.33. The fourth-order valence-electron chi connectivity index (χ4n) is 1.30. The molecule has 0 unspecified atom stereocenters. The van der Waals surface area contributed by atoms with Gasteiger partial charge in [-0.25, -0.2) is 8.42 Å². The van der Waals surface area contributed by atoms with Gasteiger partial charge < -0.3 is 5.32 Å². The van der Waals surface area contributed by atoms with Crippen LogP contribution in [0.1, 0.15) is 12.0 Å². The normalized spacial score (nSPS) is 11.6. The first-order chi connectivity index (χ1) is 8.47. The van der Waals surface area contributed by atoms with E-state index in [0.717, 1.165) is 11.8 Å². The minimum Gasteiger partial charge on any atom is -0.353 e. The third-order valence-corrected chi connectivity index (χ3v) is 3.17. The van der Waals surface area contributed by atoms with Crippen molar-refractivity contribution in [2.45, 2.75) is 6.42 Å². The van der Waals surface area contributed by atoms with Gasteiger partial charge in [0.15, 0.2) is 0 Å². The second-order valence-corrected chi connectivity index (χ2v) is 6.26. The first-order valence-electron chi connectivity index (χ1n) is 5.63. The van der Waals surface area contributed by atoms with Gasteiger partial charge in [0.25, 0.3) is 0 Å². The summed E-state index contributed by atoms with van der Waals surface area (Å²) in [6, 6.07) is 9.73. The van der Waals surface area contributed by atoms with E-state index in [-0.39, 0.29) is 18.1 Å². The van der Waals surface area contributed by atoms with Crippen molar-refractivity contribution in [1.82, 2.24) is 5.32 Å². The molecule has 4 nitrogen and oxygen atoms in total. The van der Waals surface area contributed by atoms with Crippen molar-refractivity contribution in [2.75, 3.05) is 18.6 Å². The van der Waals surface area contributed by atoms with Gasteiger partial charge in [0.05, 0.1) is 5.75 Å². The van der Waals surface area contributed by atoms with E-state index in [1.807, 2.05) is 42.5 Å². The van der Waals surface area contributed by atoms with Crippen LogP contribution in [0.2, 0.25) is 0 Å². The molecular weight excluding hydrogens is 250 g/mol. The second kappa shape index (κ2) is 6.96. The Hall–Kier alpha value is -1.62. The summed E-state index contributed by atoms with van der Waals surface area (Å²) >= 11 is 0. The molecule has 0 spiro atoms. The summed E-state index contributed by atoms with van der Waals surface area (Å²) < 4.78 is 21.7. The lowest BCUT2D eigenvalue weighted by atomic mass is 10.2. The molecule has 1 aromatic rings. The summed E-state index contributed by atoms with van der Waals surface area (Å²) in [4.78, 5) is 11.3. The fraction of sp³-hybridized carbons (Fsp3) is 0.308. The molecule has 0 bridgehead atoms. The lowest BCUT2D eigenvalue weighted by molar-refractivity contribution is -0.120. The van der Waals surface area contributed by atoms with Crippen molar-refractivity contribution in [2.24, 2.45) is 0 Å². The summed E-state index contributed by atoms with van der Waals surface area (Å²) in [5.41, 5.74) is 1.06. The number of hydrogen-bond acceptors (Lipinski definition) is 3. The Morgan fingerprint density at radius 3 is 2.56 bits per heavy atom. The summed E-state index contributed by atoms with van der Waals surface area (Å²) in [5, 5.41) is 2.64. The summed E-state index contributed by atoms with van der Waals surface area (Å²) in [5.74, 6) is -0.362. The van der Waals surface area contributed by atoms with Crippen molar-refractivity contribution < 1.29 is 13.2 Å². The Morgan fingerprint density at radius 2 is 1.94 bits per heavy atom. The van der Waals surface area contributed by atoms with Crippen LogP contribution in [0.5, 0.6) is 0 Å². The zero-order chi connectivity index (χ0) is 13.4. The molecule has 0 fully saturated rings. The molecule has 0 aliphatic heterocycles. The molecule has 0 saturated heterocycles. The van der Waals surface area contributed by atoms with Gasteiger partial charge in [-0.3, -0.25) is 4.79 Å². The van der Waals surface area contributed by atoms with E-state index in [1.54, 1.807) is 0 Å². The first kappa shape index (κ1) is 14.4. The highest BCUT2D eigenvalue weighted by molar-refractivity contribution is 7.90. The van der Waals surface area contributed by atoms with Gasteiger partial charge in [-0.05, 0) is 5.56 Å². The van der Waals surface area contributed by atoms with Gasteiger partial charge in [-0.15, -0.1) is 0 Å². The van der Waals surface area contributed by atoms with Crippen LogP contribution in [0.15, 0.2) is 36.4 Å². The van der Waals surface area contributed by atoms with Crippen LogP contribution >= 0.6 is 0 Å². The standard InChI is InChI=1S/C13H17NO3S/c1-18(16,17)11-9-13(15)14-10-5-8-12-6-3-2-4-7-12/h2-8H,9-11H2,1H3,(H,14,15)/b8-5+. The van der Waals surface area contributed by atoms with Crippen molar-refractivity contribution in [3.05, 3.63) is 42.0 Å². The Kier molecular flexibility index (Phi) is 5.58. The number of amides is 1. The van der Waals surface area contributed by atoms with Crippen LogP contribution in [-0.2, 0) is 14.6 Å². The van der Waals surface area contributed by atoms with Crippen LogP contribution in [0.3, 0.4) is 0 Å². The molecule has 1 aromatic carbocycles. The van der Waals surface area contributed by atoms with Crippen molar-refractivity contribution >= 4 is 21.8 Å². The van der Waals surface area contributed by atoms with E-state index < -0.39 is 9.84 Å². The molecule has 1 N–H and O–H groups in total. The quantitative estimate of drug-likeness (QED) is 0.843. The number of carbonyl (C=O) groups excluding carboxylic acids is 1. The molecule has 0 heterocycles. The molecule has 98 valence electrons. The van der Waals surface area contributed by atoms with E-state index in [0.29, 0.717) is 6.54 Å². The van der Waals surface area contributed by atoms with E-state index in [1.165, 1.54) is 0 Å². The minimum absolute atomic E-state index is 0.0119. The Morgan fingerprint density at radius 1 is 1.28 bits per heavy atom. The Balaban J connectivity index is 2.26. The van der Waals surface area contributed by atoms with Crippen LogP contribution in [-0.4, -0.2) is 32.9 Å². The number of benzene rings is 1. The van der Waals surface area contributed by atoms with Gasteiger partial charge in [0.2, 0.25) is 5.91 Å². The number of rotatable bonds is 6. The van der Waals surface area contributed by atoms with Crippen molar-refractivity contribution in [3.8, 4) is 0 Å². The highest BCUT2D eigenvalue weighted by atomic mass is 32.2. The zero-order valence-electron chi connectivity index (χ0n) is 10.3. The monoisotopic (exact) mass is 267 g/mol. The molecule has 0 radical (unpaired) electrons. The third-order valence-electron chi connectivity index (χ3n) is 2.23. The second-order valence-electron chi connectivity index (χ2n) is 4.00. The van der Waals surface area contributed by atoms with E-state index in [9.17, 15) is 13.2 Å². The van der Waals surface area contributed by atoms with Gasteiger partial charge in [-0.1, -0.05) is 42.5 Å². The molecule has 0 aromatic heterocycles. The zero-order valence-corrected chi connectivity index (χ0v) is 11.1. The average molecular weight is 267 g/mol. The predicted molar refractivity (Wildman–Crippen MR) is 72.8 cm³/mol. The highest BCUT2D eigenvalue weighted by Gasteiger charge is 2.06. The van der Waals surface area contributed by atoms with Crippen molar-refractivity contribution in [1.29, 1.82) is 0 Å². The van der Waals surface area contributed by atoms with Crippen LogP contribution in [0.25, 0.3) is 6.08 Å². The lowest BCUT2D eigenvalue weighted by Gasteiger charge is -2.01. The summed E-state index contributed by atoms with van der Waals surface area (Å²) in [6.45, 7) is 0.400. The Labute approximate surface area is 108 Å². The summed E-state index contributed by atoms with van der Waals surface area (Å²) in [7, 11) is -3.07. The van der Waals surface area contributed by atoms with Gasteiger partial charge in [-0.2, -0.15) is 0 Å². The number of nitrogens with one attached hydrogen (secondary N) is 1. The van der Waals surface area contributed by atoms with E-state index >= 15 is 0 Å². The Bertz CT molecular complexity index is 506.